The lowest BCUT2D eigenvalue weighted by molar-refractivity contribution is 0.388. The van der Waals surface area contributed by atoms with Crippen LogP contribution in [-0.4, -0.2) is 25.3 Å². The van der Waals surface area contributed by atoms with Crippen molar-refractivity contribution in [1.82, 2.24) is 0 Å². The standard InChI is InChI=1S/C19H23N3O.C6H6S/c1-20-17-10-5-11-18(21-23)19(17)15-7-6-13-22(14-12-15)16-8-3-2-4-9-16;7-6-4-2-1-3-5-6/h2-5,7-11,20-21,23H,6,12-14H2,1H3;1-5,7H. The maximum atomic E-state index is 9.45. The van der Waals surface area contributed by atoms with Crippen LogP contribution in [0.15, 0.2) is 89.8 Å². The van der Waals surface area contributed by atoms with Gasteiger partial charge < -0.3 is 10.2 Å². The number of hydrogen-bond acceptors (Lipinski definition) is 5. The number of nitrogens with zero attached hydrogens (tertiary/aromatic N) is 1. The molecule has 0 spiro atoms. The minimum Gasteiger partial charge on any atom is -0.388 e. The average Bonchev–Trinajstić information content (AvgIpc) is 3.06. The molecule has 1 heterocycles. The van der Waals surface area contributed by atoms with Crippen LogP contribution in [-0.2, 0) is 0 Å². The van der Waals surface area contributed by atoms with E-state index in [1.54, 1.807) is 0 Å². The smallest absolute Gasteiger partial charge is 0.0697 e. The quantitative estimate of drug-likeness (QED) is 0.301. The van der Waals surface area contributed by atoms with Crippen molar-refractivity contribution < 1.29 is 5.21 Å². The van der Waals surface area contributed by atoms with Crippen LogP contribution in [0.3, 0.4) is 0 Å². The molecule has 0 bridgehead atoms. The first-order valence-electron chi connectivity index (χ1n) is 10.2. The van der Waals surface area contributed by atoms with E-state index < -0.39 is 0 Å². The van der Waals surface area contributed by atoms with E-state index in [1.165, 1.54) is 11.3 Å². The summed E-state index contributed by atoms with van der Waals surface area (Å²) in [6.07, 6.45) is 4.23. The Bertz CT molecular complexity index is 923. The molecule has 1 aliphatic rings. The van der Waals surface area contributed by atoms with Crippen LogP contribution in [0.5, 0.6) is 0 Å². The van der Waals surface area contributed by atoms with Crippen LogP contribution in [0, 0.1) is 0 Å². The highest BCUT2D eigenvalue weighted by atomic mass is 32.1. The van der Waals surface area contributed by atoms with Gasteiger partial charge in [0, 0.05) is 42.0 Å². The van der Waals surface area contributed by atoms with Crippen molar-refractivity contribution in [3.05, 3.63) is 90.5 Å². The third kappa shape index (κ3) is 5.81. The molecule has 0 atom stereocenters. The van der Waals surface area contributed by atoms with Crippen LogP contribution in [0.25, 0.3) is 5.57 Å². The van der Waals surface area contributed by atoms with Crippen LogP contribution in [0.1, 0.15) is 18.4 Å². The highest BCUT2D eigenvalue weighted by molar-refractivity contribution is 7.80. The van der Waals surface area contributed by atoms with Crippen LogP contribution in [0.4, 0.5) is 17.1 Å². The molecule has 0 radical (unpaired) electrons. The van der Waals surface area contributed by atoms with Gasteiger partial charge in [0.2, 0.25) is 0 Å². The van der Waals surface area contributed by atoms with Gasteiger partial charge >= 0.3 is 0 Å². The molecule has 156 valence electrons. The van der Waals surface area contributed by atoms with Crippen molar-refractivity contribution in [3.63, 3.8) is 0 Å². The van der Waals surface area contributed by atoms with Gasteiger partial charge in [0.25, 0.3) is 0 Å². The van der Waals surface area contributed by atoms with E-state index in [2.05, 4.69) is 58.7 Å². The monoisotopic (exact) mass is 419 g/mol. The van der Waals surface area contributed by atoms with E-state index >= 15 is 0 Å². The predicted octanol–water partition coefficient (Wildman–Crippen LogP) is 6.19. The Labute approximate surface area is 184 Å². The minimum absolute atomic E-state index is 0.747. The van der Waals surface area contributed by atoms with Gasteiger partial charge in [-0.25, -0.2) is 0 Å². The van der Waals surface area contributed by atoms with Crippen LogP contribution >= 0.6 is 12.6 Å². The zero-order valence-corrected chi connectivity index (χ0v) is 18.1. The Morgan fingerprint density at radius 3 is 2.10 bits per heavy atom. The largest absolute Gasteiger partial charge is 0.388 e. The zero-order valence-electron chi connectivity index (χ0n) is 17.3. The number of hydrogen-bond donors (Lipinski definition) is 4. The first-order valence-corrected chi connectivity index (χ1v) is 10.6. The second-order valence-electron chi connectivity index (χ2n) is 7.02. The second kappa shape index (κ2) is 11.3. The lowest BCUT2D eigenvalue weighted by atomic mass is 9.98. The van der Waals surface area contributed by atoms with Gasteiger partial charge in [-0.15, -0.1) is 12.6 Å². The molecule has 0 amide bonds. The number of para-hydroxylation sites is 1. The summed E-state index contributed by atoms with van der Waals surface area (Å²) in [6, 6.07) is 26.2. The summed E-state index contributed by atoms with van der Waals surface area (Å²) < 4.78 is 0. The van der Waals surface area contributed by atoms with Crippen molar-refractivity contribution in [2.75, 3.05) is 35.8 Å². The topological polar surface area (TPSA) is 47.5 Å². The maximum Gasteiger partial charge on any atom is 0.0697 e. The first-order chi connectivity index (χ1) is 14.7. The number of anilines is 3. The second-order valence-corrected chi connectivity index (χ2v) is 7.53. The van der Waals surface area contributed by atoms with Gasteiger partial charge in [-0.3, -0.25) is 10.7 Å². The molecule has 4 nitrogen and oxygen atoms in total. The molecule has 4 rings (SSSR count). The van der Waals surface area contributed by atoms with Crippen molar-refractivity contribution >= 4 is 35.3 Å². The van der Waals surface area contributed by atoms with Gasteiger partial charge in [-0.2, -0.15) is 0 Å². The Hall–Kier alpha value is -2.89. The minimum atomic E-state index is 0.747. The summed E-state index contributed by atoms with van der Waals surface area (Å²) in [5, 5.41) is 12.7. The van der Waals surface area contributed by atoms with Gasteiger partial charge in [0.15, 0.2) is 0 Å². The molecule has 0 aliphatic carbocycles. The van der Waals surface area contributed by atoms with Crippen LogP contribution in [0.2, 0.25) is 0 Å². The average molecular weight is 420 g/mol. The van der Waals surface area contributed by atoms with Crippen molar-refractivity contribution in [1.29, 1.82) is 0 Å². The highest BCUT2D eigenvalue weighted by Crippen LogP contribution is 2.35. The molecule has 0 unspecified atom stereocenters. The summed E-state index contributed by atoms with van der Waals surface area (Å²) in [7, 11) is 1.91. The Balaban J connectivity index is 0.000000310. The van der Waals surface area contributed by atoms with Gasteiger partial charge in [0.1, 0.15) is 0 Å². The van der Waals surface area contributed by atoms with Crippen molar-refractivity contribution in [2.45, 2.75) is 17.7 Å². The van der Waals surface area contributed by atoms with Gasteiger partial charge in [0.05, 0.1) is 5.69 Å². The highest BCUT2D eigenvalue weighted by Gasteiger charge is 2.16. The molecule has 3 aromatic carbocycles. The van der Waals surface area contributed by atoms with E-state index in [-0.39, 0.29) is 0 Å². The number of rotatable bonds is 4. The molecule has 0 saturated heterocycles. The fourth-order valence-corrected chi connectivity index (χ4v) is 3.79. The molecule has 0 aromatic heterocycles. The van der Waals surface area contributed by atoms with Gasteiger partial charge in [-0.05, 0) is 54.8 Å². The van der Waals surface area contributed by atoms with Crippen LogP contribution < -0.4 is 15.7 Å². The summed E-state index contributed by atoms with van der Waals surface area (Å²) >= 11 is 4.08. The Morgan fingerprint density at radius 2 is 1.50 bits per heavy atom. The lowest BCUT2D eigenvalue weighted by Crippen LogP contribution is -2.24. The zero-order chi connectivity index (χ0) is 21.2. The molecule has 0 saturated carbocycles. The Morgan fingerprint density at radius 1 is 0.833 bits per heavy atom. The third-order valence-electron chi connectivity index (χ3n) is 5.09. The molecule has 1 aliphatic heterocycles. The molecule has 5 heteroatoms. The maximum absolute atomic E-state index is 9.45. The number of nitrogens with one attached hydrogen (secondary N) is 2. The molecule has 3 aromatic rings. The SMILES string of the molecule is CNc1cccc(NO)c1C1=CCCN(c2ccccc2)CC1.Sc1ccccc1. The molecular formula is C25H29N3OS. The van der Waals surface area contributed by atoms with Crippen molar-refractivity contribution in [2.24, 2.45) is 0 Å². The summed E-state index contributed by atoms with van der Waals surface area (Å²) in [5.41, 5.74) is 7.71. The molecular weight excluding hydrogens is 390 g/mol. The summed E-state index contributed by atoms with van der Waals surface area (Å²) in [6.45, 7) is 1.98. The summed E-state index contributed by atoms with van der Waals surface area (Å²) in [5.74, 6) is 0. The van der Waals surface area contributed by atoms with E-state index in [0.29, 0.717) is 0 Å². The first kappa shape index (κ1) is 21.8. The summed E-state index contributed by atoms with van der Waals surface area (Å²) in [4.78, 5) is 3.43. The molecule has 3 N–H and O–H groups in total. The Kier molecular flexibility index (Phi) is 8.24. The third-order valence-corrected chi connectivity index (χ3v) is 5.39. The fourth-order valence-electron chi connectivity index (χ4n) is 3.62. The van der Waals surface area contributed by atoms with E-state index in [4.69, 9.17) is 0 Å². The predicted molar refractivity (Wildman–Crippen MR) is 131 cm³/mol. The number of benzene rings is 3. The van der Waals surface area contributed by atoms with E-state index in [0.717, 1.165) is 47.8 Å². The van der Waals surface area contributed by atoms with E-state index in [9.17, 15) is 5.21 Å². The van der Waals surface area contributed by atoms with Crippen molar-refractivity contribution in [3.8, 4) is 0 Å². The van der Waals surface area contributed by atoms with E-state index in [1.807, 2.05) is 61.6 Å². The fraction of sp³-hybridized carbons (Fsp3) is 0.200. The lowest BCUT2D eigenvalue weighted by Gasteiger charge is -2.23. The molecule has 30 heavy (non-hydrogen) atoms. The molecule has 0 fully saturated rings. The van der Waals surface area contributed by atoms with Gasteiger partial charge in [-0.1, -0.05) is 48.5 Å². The normalized spacial score (nSPS) is 13.4. The number of thiol groups is 1.